The van der Waals surface area contributed by atoms with Crippen molar-refractivity contribution in [3.8, 4) is 0 Å². The summed E-state index contributed by atoms with van der Waals surface area (Å²) in [6.07, 6.45) is 3.49. The summed E-state index contributed by atoms with van der Waals surface area (Å²) in [7, 11) is 1.97. The summed E-state index contributed by atoms with van der Waals surface area (Å²) in [4.78, 5) is 16.3. The molecule has 21 heavy (non-hydrogen) atoms. The lowest BCUT2D eigenvalue weighted by molar-refractivity contribution is 0.561. The van der Waals surface area contributed by atoms with E-state index in [9.17, 15) is 4.79 Å². The van der Waals surface area contributed by atoms with E-state index in [2.05, 4.69) is 23.2 Å². The van der Waals surface area contributed by atoms with Gasteiger partial charge in [-0.2, -0.15) is 0 Å². The summed E-state index contributed by atoms with van der Waals surface area (Å²) in [5.41, 5.74) is 9.66. The molecule has 0 saturated carbocycles. The number of benzene rings is 1. The Morgan fingerprint density at radius 3 is 2.95 bits per heavy atom. The molecule has 1 aliphatic carbocycles. The van der Waals surface area contributed by atoms with Gasteiger partial charge in [0.05, 0.1) is 0 Å². The number of nitrogens with two attached hydrogens (primary N) is 1. The summed E-state index contributed by atoms with van der Waals surface area (Å²) in [6, 6.07) is 11.7. The molecule has 1 aromatic carbocycles. The SMILES string of the molecule is CN(c1ccc2c(c1)CCC[C@H]2CN)c1cccc(=O)[nH]1. The van der Waals surface area contributed by atoms with Crippen LogP contribution in [0.1, 0.15) is 29.9 Å². The molecule has 0 radical (unpaired) electrons. The van der Waals surface area contributed by atoms with E-state index in [-0.39, 0.29) is 5.56 Å². The molecule has 1 aliphatic rings. The van der Waals surface area contributed by atoms with Crippen molar-refractivity contribution in [2.75, 3.05) is 18.5 Å². The number of H-pyrrole nitrogens is 1. The van der Waals surface area contributed by atoms with Gasteiger partial charge in [0.2, 0.25) is 5.56 Å². The molecule has 1 heterocycles. The largest absolute Gasteiger partial charge is 0.331 e. The Morgan fingerprint density at radius 2 is 2.19 bits per heavy atom. The van der Waals surface area contributed by atoms with E-state index in [1.54, 1.807) is 6.07 Å². The van der Waals surface area contributed by atoms with Crippen LogP contribution in [0.4, 0.5) is 11.5 Å². The van der Waals surface area contributed by atoms with Gasteiger partial charge in [0.25, 0.3) is 0 Å². The second kappa shape index (κ2) is 5.74. The molecule has 0 fully saturated rings. The molecule has 3 N–H and O–H groups in total. The van der Waals surface area contributed by atoms with Gasteiger partial charge in [-0.15, -0.1) is 0 Å². The zero-order chi connectivity index (χ0) is 14.8. The fourth-order valence-electron chi connectivity index (χ4n) is 3.13. The highest BCUT2D eigenvalue weighted by Crippen LogP contribution is 2.34. The molecule has 0 spiro atoms. The molecule has 0 bridgehead atoms. The van der Waals surface area contributed by atoms with Crippen LogP contribution in [0.3, 0.4) is 0 Å². The van der Waals surface area contributed by atoms with Crippen LogP contribution in [0.2, 0.25) is 0 Å². The Labute approximate surface area is 124 Å². The number of nitrogens with one attached hydrogen (secondary N) is 1. The van der Waals surface area contributed by atoms with Gasteiger partial charge in [0.1, 0.15) is 5.82 Å². The molecular formula is C17H21N3O. The number of aromatic nitrogens is 1. The Kier molecular flexibility index (Phi) is 3.80. The molecule has 3 rings (SSSR count). The van der Waals surface area contributed by atoms with Crippen molar-refractivity contribution in [2.45, 2.75) is 25.2 Å². The third-order valence-electron chi connectivity index (χ3n) is 4.35. The lowest BCUT2D eigenvalue weighted by Gasteiger charge is -2.27. The first-order chi connectivity index (χ1) is 10.2. The van der Waals surface area contributed by atoms with Crippen molar-refractivity contribution in [1.29, 1.82) is 0 Å². The van der Waals surface area contributed by atoms with Crippen molar-refractivity contribution in [1.82, 2.24) is 4.98 Å². The van der Waals surface area contributed by atoms with Crippen molar-refractivity contribution in [2.24, 2.45) is 5.73 Å². The molecule has 2 aromatic rings. The first kappa shape index (κ1) is 13.9. The van der Waals surface area contributed by atoms with Gasteiger partial charge in [-0.05, 0) is 61.1 Å². The monoisotopic (exact) mass is 283 g/mol. The summed E-state index contributed by atoms with van der Waals surface area (Å²) < 4.78 is 0. The molecule has 0 saturated heterocycles. The topological polar surface area (TPSA) is 62.1 Å². The van der Waals surface area contributed by atoms with Crippen LogP contribution in [0.15, 0.2) is 41.2 Å². The smallest absolute Gasteiger partial charge is 0.249 e. The number of nitrogens with zero attached hydrogens (tertiary/aromatic N) is 1. The van der Waals surface area contributed by atoms with Crippen molar-refractivity contribution < 1.29 is 0 Å². The van der Waals surface area contributed by atoms with E-state index in [4.69, 9.17) is 5.73 Å². The lowest BCUT2D eigenvalue weighted by Crippen LogP contribution is -2.20. The third-order valence-corrected chi connectivity index (χ3v) is 4.35. The van der Waals surface area contributed by atoms with Crippen molar-refractivity contribution >= 4 is 11.5 Å². The average molecular weight is 283 g/mol. The first-order valence-electron chi connectivity index (χ1n) is 7.45. The standard InChI is InChI=1S/C17H21N3O/c1-20(16-6-3-7-17(21)19-16)14-8-9-15-12(10-14)4-2-5-13(15)11-18/h3,6-10,13H,2,4-5,11,18H2,1H3,(H,19,21)/t13-/m0/s1. The van der Waals surface area contributed by atoms with E-state index in [1.807, 2.05) is 18.0 Å². The summed E-state index contributed by atoms with van der Waals surface area (Å²) >= 11 is 0. The molecule has 1 aromatic heterocycles. The van der Waals surface area contributed by atoms with Gasteiger partial charge < -0.3 is 15.6 Å². The number of hydrogen-bond acceptors (Lipinski definition) is 3. The maximum absolute atomic E-state index is 11.4. The van der Waals surface area contributed by atoms with Crippen LogP contribution < -0.4 is 16.2 Å². The number of rotatable bonds is 3. The third kappa shape index (κ3) is 2.72. The van der Waals surface area contributed by atoms with Crippen molar-refractivity contribution in [3.63, 3.8) is 0 Å². The second-order valence-corrected chi connectivity index (χ2v) is 5.67. The number of hydrogen-bond donors (Lipinski definition) is 2. The molecule has 110 valence electrons. The zero-order valence-corrected chi connectivity index (χ0v) is 12.3. The van der Waals surface area contributed by atoms with Crippen LogP contribution in [0, 0.1) is 0 Å². The molecule has 4 nitrogen and oxygen atoms in total. The van der Waals surface area contributed by atoms with E-state index in [1.165, 1.54) is 30.0 Å². The Morgan fingerprint density at radius 1 is 1.33 bits per heavy atom. The Hall–Kier alpha value is -2.07. The molecule has 0 amide bonds. The predicted molar refractivity (Wildman–Crippen MR) is 86.3 cm³/mol. The van der Waals surface area contributed by atoms with E-state index >= 15 is 0 Å². The van der Waals surface area contributed by atoms with E-state index in [0.29, 0.717) is 12.5 Å². The van der Waals surface area contributed by atoms with Gasteiger partial charge in [-0.25, -0.2) is 0 Å². The van der Waals surface area contributed by atoms with Crippen molar-refractivity contribution in [3.05, 3.63) is 57.9 Å². The van der Waals surface area contributed by atoms with E-state index in [0.717, 1.165) is 17.9 Å². The summed E-state index contributed by atoms with van der Waals surface area (Å²) in [5, 5.41) is 0. The van der Waals surface area contributed by atoms with Crippen LogP contribution >= 0.6 is 0 Å². The van der Waals surface area contributed by atoms with Gasteiger partial charge in [0, 0.05) is 18.8 Å². The molecular weight excluding hydrogens is 262 g/mol. The number of aryl methyl sites for hydroxylation is 1. The maximum atomic E-state index is 11.4. The minimum absolute atomic E-state index is 0.0829. The normalized spacial score (nSPS) is 17.3. The minimum Gasteiger partial charge on any atom is -0.331 e. The van der Waals surface area contributed by atoms with Gasteiger partial charge >= 0.3 is 0 Å². The Balaban J connectivity index is 1.95. The number of pyridine rings is 1. The predicted octanol–water partition coefficient (Wildman–Crippen LogP) is 2.52. The maximum Gasteiger partial charge on any atom is 0.249 e. The van der Waals surface area contributed by atoms with Crippen LogP contribution in [0.25, 0.3) is 0 Å². The highest BCUT2D eigenvalue weighted by molar-refractivity contribution is 5.61. The lowest BCUT2D eigenvalue weighted by atomic mass is 9.82. The molecule has 4 heteroatoms. The van der Waals surface area contributed by atoms with Gasteiger partial charge in [0.15, 0.2) is 0 Å². The molecule has 1 atom stereocenters. The quantitative estimate of drug-likeness (QED) is 0.910. The highest BCUT2D eigenvalue weighted by Gasteiger charge is 2.19. The fraction of sp³-hybridized carbons (Fsp3) is 0.353. The second-order valence-electron chi connectivity index (χ2n) is 5.67. The van der Waals surface area contributed by atoms with Crippen LogP contribution in [-0.2, 0) is 6.42 Å². The van der Waals surface area contributed by atoms with Crippen LogP contribution in [-0.4, -0.2) is 18.6 Å². The minimum atomic E-state index is -0.0829. The average Bonchev–Trinajstić information content (AvgIpc) is 2.53. The summed E-state index contributed by atoms with van der Waals surface area (Å²) in [5.74, 6) is 1.29. The molecule has 0 aliphatic heterocycles. The number of fused-ring (bicyclic) bond motifs is 1. The summed E-state index contributed by atoms with van der Waals surface area (Å²) in [6.45, 7) is 0.716. The number of anilines is 2. The molecule has 0 unspecified atom stereocenters. The van der Waals surface area contributed by atoms with Gasteiger partial charge in [-0.1, -0.05) is 12.1 Å². The highest BCUT2D eigenvalue weighted by atomic mass is 16.1. The van der Waals surface area contributed by atoms with Gasteiger partial charge in [-0.3, -0.25) is 4.79 Å². The van der Waals surface area contributed by atoms with Crippen LogP contribution in [0.5, 0.6) is 0 Å². The Bertz CT molecular complexity index is 692. The first-order valence-corrected chi connectivity index (χ1v) is 7.45. The zero-order valence-electron chi connectivity index (χ0n) is 12.3. The van der Waals surface area contributed by atoms with E-state index < -0.39 is 0 Å². The fourth-order valence-corrected chi connectivity index (χ4v) is 3.13. The number of aromatic amines is 1.